The summed E-state index contributed by atoms with van der Waals surface area (Å²) in [6.07, 6.45) is 5.47. The van der Waals surface area contributed by atoms with Crippen LogP contribution in [-0.4, -0.2) is 13.0 Å². The first kappa shape index (κ1) is 12.7. The number of methoxy groups -OCH3 is 1. The third kappa shape index (κ3) is 3.15. The SMILES string of the molecule is COc1ccc(NC(=O)CCC2CCC2)cc1N. The normalized spacial score (nSPS) is 14.9. The zero-order chi connectivity index (χ0) is 13.0. The average Bonchev–Trinajstić information content (AvgIpc) is 2.27. The number of nitrogens with one attached hydrogen (secondary N) is 1. The number of hydrogen-bond donors (Lipinski definition) is 2. The molecule has 4 nitrogen and oxygen atoms in total. The van der Waals surface area contributed by atoms with Crippen LogP contribution >= 0.6 is 0 Å². The Morgan fingerprint density at radius 3 is 2.83 bits per heavy atom. The first-order valence-electron chi connectivity index (χ1n) is 6.42. The summed E-state index contributed by atoms with van der Waals surface area (Å²) in [4.78, 5) is 11.7. The highest BCUT2D eigenvalue weighted by molar-refractivity contribution is 5.91. The number of nitrogen functional groups attached to an aromatic ring is 1. The molecule has 0 unspecified atom stereocenters. The molecule has 1 fully saturated rings. The van der Waals surface area contributed by atoms with Crippen LogP contribution in [0.5, 0.6) is 5.75 Å². The molecule has 0 heterocycles. The fraction of sp³-hybridized carbons (Fsp3) is 0.500. The van der Waals surface area contributed by atoms with Crippen LogP contribution < -0.4 is 15.8 Å². The van der Waals surface area contributed by atoms with Gasteiger partial charge in [-0.1, -0.05) is 19.3 Å². The van der Waals surface area contributed by atoms with Gasteiger partial charge < -0.3 is 15.8 Å². The Balaban J connectivity index is 1.84. The third-order valence-electron chi connectivity index (χ3n) is 3.52. The number of rotatable bonds is 5. The van der Waals surface area contributed by atoms with Crippen molar-refractivity contribution in [2.75, 3.05) is 18.2 Å². The molecule has 98 valence electrons. The maximum absolute atomic E-state index is 11.7. The van der Waals surface area contributed by atoms with Gasteiger partial charge in [0, 0.05) is 12.1 Å². The summed E-state index contributed by atoms with van der Waals surface area (Å²) in [5, 5.41) is 2.86. The van der Waals surface area contributed by atoms with Gasteiger partial charge in [0.2, 0.25) is 5.91 Å². The fourth-order valence-electron chi connectivity index (χ4n) is 2.15. The summed E-state index contributed by atoms with van der Waals surface area (Å²) in [6, 6.07) is 5.29. The van der Waals surface area contributed by atoms with E-state index >= 15 is 0 Å². The Kier molecular flexibility index (Phi) is 4.07. The van der Waals surface area contributed by atoms with E-state index in [1.807, 2.05) is 0 Å². The number of ether oxygens (including phenoxy) is 1. The quantitative estimate of drug-likeness (QED) is 0.787. The van der Waals surface area contributed by atoms with Crippen molar-refractivity contribution in [2.45, 2.75) is 32.1 Å². The molecule has 0 aromatic heterocycles. The number of anilines is 2. The Labute approximate surface area is 108 Å². The molecule has 0 bridgehead atoms. The lowest BCUT2D eigenvalue weighted by atomic mass is 9.82. The van der Waals surface area contributed by atoms with Crippen LogP contribution in [0.2, 0.25) is 0 Å². The van der Waals surface area contributed by atoms with E-state index < -0.39 is 0 Å². The van der Waals surface area contributed by atoms with Crippen LogP contribution in [0.4, 0.5) is 11.4 Å². The number of benzene rings is 1. The molecular weight excluding hydrogens is 228 g/mol. The molecule has 1 saturated carbocycles. The topological polar surface area (TPSA) is 64.3 Å². The standard InChI is InChI=1S/C14H20N2O2/c1-18-13-7-6-11(9-12(13)15)16-14(17)8-5-10-3-2-4-10/h6-7,9-10H,2-5,8,15H2,1H3,(H,16,17). The highest BCUT2D eigenvalue weighted by atomic mass is 16.5. The predicted octanol–water partition coefficient (Wildman–Crippen LogP) is 2.80. The molecule has 18 heavy (non-hydrogen) atoms. The Bertz CT molecular complexity index is 428. The number of hydrogen-bond acceptors (Lipinski definition) is 3. The van der Waals surface area contributed by atoms with Gasteiger partial charge in [-0.05, 0) is 30.5 Å². The molecule has 3 N–H and O–H groups in total. The van der Waals surface area contributed by atoms with Crippen molar-refractivity contribution < 1.29 is 9.53 Å². The van der Waals surface area contributed by atoms with Crippen LogP contribution in [-0.2, 0) is 4.79 Å². The van der Waals surface area contributed by atoms with Gasteiger partial charge in [0.05, 0.1) is 12.8 Å². The van der Waals surface area contributed by atoms with E-state index in [2.05, 4.69) is 5.32 Å². The second-order valence-corrected chi connectivity index (χ2v) is 4.84. The van der Waals surface area contributed by atoms with E-state index in [1.165, 1.54) is 19.3 Å². The van der Waals surface area contributed by atoms with Crippen LogP contribution in [0.1, 0.15) is 32.1 Å². The summed E-state index contributed by atoms with van der Waals surface area (Å²) in [5.74, 6) is 1.45. The minimum atomic E-state index is 0.0615. The van der Waals surface area contributed by atoms with Gasteiger partial charge in [-0.15, -0.1) is 0 Å². The van der Waals surface area contributed by atoms with Gasteiger partial charge in [-0.25, -0.2) is 0 Å². The van der Waals surface area contributed by atoms with E-state index in [0.717, 1.165) is 18.0 Å². The largest absolute Gasteiger partial charge is 0.495 e. The summed E-state index contributed by atoms with van der Waals surface area (Å²) < 4.78 is 5.07. The van der Waals surface area contributed by atoms with Crippen molar-refractivity contribution in [3.05, 3.63) is 18.2 Å². The number of nitrogens with two attached hydrogens (primary N) is 1. The second kappa shape index (κ2) is 5.76. The van der Waals surface area contributed by atoms with Crippen LogP contribution in [0.15, 0.2) is 18.2 Å². The first-order valence-corrected chi connectivity index (χ1v) is 6.42. The Hall–Kier alpha value is -1.71. The van der Waals surface area contributed by atoms with Gasteiger partial charge in [-0.2, -0.15) is 0 Å². The van der Waals surface area contributed by atoms with Gasteiger partial charge in [-0.3, -0.25) is 4.79 Å². The molecule has 1 aromatic rings. The van der Waals surface area contributed by atoms with Crippen molar-refractivity contribution >= 4 is 17.3 Å². The lowest BCUT2D eigenvalue weighted by Crippen LogP contribution is -2.17. The van der Waals surface area contributed by atoms with Crippen molar-refractivity contribution in [2.24, 2.45) is 5.92 Å². The van der Waals surface area contributed by atoms with Crippen molar-refractivity contribution in [1.82, 2.24) is 0 Å². The summed E-state index contributed by atoms with van der Waals surface area (Å²) >= 11 is 0. The van der Waals surface area contributed by atoms with E-state index in [-0.39, 0.29) is 5.91 Å². The van der Waals surface area contributed by atoms with Gasteiger partial charge in [0.15, 0.2) is 0 Å². The van der Waals surface area contributed by atoms with Gasteiger partial charge in [0.1, 0.15) is 5.75 Å². The molecule has 0 spiro atoms. The molecule has 2 rings (SSSR count). The fourth-order valence-corrected chi connectivity index (χ4v) is 2.15. The average molecular weight is 248 g/mol. The lowest BCUT2D eigenvalue weighted by molar-refractivity contribution is -0.116. The molecule has 0 saturated heterocycles. The lowest BCUT2D eigenvalue weighted by Gasteiger charge is -2.24. The summed E-state index contributed by atoms with van der Waals surface area (Å²) in [5.41, 5.74) is 7.05. The third-order valence-corrected chi connectivity index (χ3v) is 3.52. The summed E-state index contributed by atoms with van der Waals surface area (Å²) in [7, 11) is 1.57. The number of carbonyl (C=O) groups excluding carboxylic acids is 1. The van der Waals surface area contributed by atoms with Crippen LogP contribution in [0.3, 0.4) is 0 Å². The highest BCUT2D eigenvalue weighted by Crippen LogP contribution is 2.30. The molecule has 0 radical (unpaired) electrons. The molecule has 0 atom stereocenters. The van der Waals surface area contributed by atoms with Crippen LogP contribution in [0, 0.1) is 5.92 Å². The van der Waals surface area contributed by atoms with Gasteiger partial charge in [0.25, 0.3) is 0 Å². The molecule has 1 aliphatic rings. The first-order chi connectivity index (χ1) is 8.69. The minimum Gasteiger partial charge on any atom is -0.495 e. The van der Waals surface area contributed by atoms with Crippen molar-refractivity contribution in [3.63, 3.8) is 0 Å². The monoisotopic (exact) mass is 248 g/mol. The summed E-state index contributed by atoms with van der Waals surface area (Å²) in [6.45, 7) is 0. The minimum absolute atomic E-state index is 0.0615. The zero-order valence-electron chi connectivity index (χ0n) is 10.7. The van der Waals surface area contributed by atoms with E-state index in [1.54, 1.807) is 25.3 Å². The molecule has 1 aromatic carbocycles. The number of amides is 1. The number of carbonyl (C=O) groups is 1. The van der Waals surface area contributed by atoms with Crippen molar-refractivity contribution in [1.29, 1.82) is 0 Å². The maximum Gasteiger partial charge on any atom is 0.224 e. The maximum atomic E-state index is 11.7. The van der Waals surface area contributed by atoms with Gasteiger partial charge >= 0.3 is 0 Å². The van der Waals surface area contributed by atoms with Crippen LogP contribution in [0.25, 0.3) is 0 Å². The Morgan fingerprint density at radius 2 is 2.28 bits per heavy atom. The van der Waals surface area contributed by atoms with E-state index in [9.17, 15) is 4.79 Å². The smallest absolute Gasteiger partial charge is 0.224 e. The second-order valence-electron chi connectivity index (χ2n) is 4.84. The van der Waals surface area contributed by atoms with Crippen molar-refractivity contribution in [3.8, 4) is 5.75 Å². The highest BCUT2D eigenvalue weighted by Gasteiger charge is 2.18. The predicted molar refractivity (Wildman–Crippen MR) is 72.6 cm³/mol. The molecule has 1 aliphatic carbocycles. The Morgan fingerprint density at radius 1 is 1.50 bits per heavy atom. The molecular formula is C14H20N2O2. The molecule has 4 heteroatoms. The molecule has 0 aliphatic heterocycles. The van der Waals surface area contributed by atoms with E-state index in [0.29, 0.717) is 17.9 Å². The molecule has 1 amide bonds. The zero-order valence-corrected chi connectivity index (χ0v) is 10.7. The van der Waals surface area contributed by atoms with E-state index in [4.69, 9.17) is 10.5 Å².